The lowest BCUT2D eigenvalue weighted by atomic mass is 10.1. The smallest absolute Gasteiger partial charge is 0.241 e. The average molecular weight is 403 g/mol. The number of likely N-dealkylation sites (N-methyl/N-ethyl adjacent to an activating group) is 2. The monoisotopic (exact) mass is 403 g/mol. The fourth-order valence-corrected chi connectivity index (χ4v) is 3.25. The van der Waals surface area contributed by atoms with Crippen LogP contribution in [0.2, 0.25) is 0 Å². The Morgan fingerprint density at radius 2 is 1.93 bits per heavy atom. The van der Waals surface area contributed by atoms with Gasteiger partial charge in [-0.2, -0.15) is 0 Å². The van der Waals surface area contributed by atoms with E-state index in [-0.39, 0.29) is 35.9 Å². The van der Waals surface area contributed by atoms with Crippen molar-refractivity contribution in [2.75, 3.05) is 33.7 Å². The van der Waals surface area contributed by atoms with E-state index in [0.717, 1.165) is 11.1 Å². The number of hydrogen-bond donors (Lipinski definition) is 0. The van der Waals surface area contributed by atoms with Crippen molar-refractivity contribution < 1.29 is 18.7 Å². The van der Waals surface area contributed by atoms with E-state index < -0.39 is 0 Å². The van der Waals surface area contributed by atoms with Crippen molar-refractivity contribution in [3.05, 3.63) is 46.6 Å². The first-order valence-electron chi connectivity index (χ1n) is 9.90. The summed E-state index contributed by atoms with van der Waals surface area (Å²) < 4.78 is 19.7. The number of carbonyl (C=O) groups is 2. The molecule has 0 fully saturated rings. The van der Waals surface area contributed by atoms with Gasteiger partial charge in [-0.15, -0.1) is 0 Å². The maximum absolute atomic E-state index is 13.5. The first kappa shape index (κ1) is 22.6. The van der Waals surface area contributed by atoms with Gasteiger partial charge in [-0.1, -0.05) is 6.07 Å². The number of ketones is 1. The molecule has 1 aromatic carbocycles. The molecular formula is C22H30FN3O3. The fraction of sp³-hybridized carbons (Fsp3) is 0.500. The molecule has 0 aliphatic heterocycles. The maximum atomic E-state index is 13.5. The van der Waals surface area contributed by atoms with E-state index in [0.29, 0.717) is 31.6 Å². The normalized spacial score (nSPS) is 16.4. The Balaban J connectivity index is 2.34. The summed E-state index contributed by atoms with van der Waals surface area (Å²) in [6.45, 7) is 6.42. The Morgan fingerprint density at radius 1 is 1.24 bits per heavy atom. The van der Waals surface area contributed by atoms with Gasteiger partial charge < -0.3 is 14.5 Å². The molecule has 0 saturated heterocycles. The molecule has 1 unspecified atom stereocenters. The van der Waals surface area contributed by atoms with Crippen LogP contribution in [0.4, 0.5) is 4.39 Å². The summed E-state index contributed by atoms with van der Waals surface area (Å²) in [5.41, 5.74) is 2.43. The predicted molar refractivity (Wildman–Crippen MR) is 111 cm³/mol. The van der Waals surface area contributed by atoms with Crippen LogP contribution in [0.25, 0.3) is 0 Å². The Morgan fingerprint density at radius 3 is 2.52 bits per heavy atom. The lowest BCUT2D eigenvalue weighted by Gasteiger charge is -2.27. The van der Waals surface area contributed by atoms with E-state index in [4.69, 9.17) is 4.74 Å². The van der Waals surface area contributed by atoms with Gasteiger partial charge in [-0.3, -0.25) is 14.6 Å². The van der Waals surface area contributed by atoms with Crippen LogP contribution in [0.1, 0.15) is 31.9 Å². The third kappa shape index (κ3) is 5.89. The molecule has 0 bridgehead atoms. The molecule has 1 amide bonds. The van der Waals surface area contributed by atoms with Gasteiger partial charge in [0.05, 0.1) is 6.54 Å². The molecule has 1 aliphatic rings. The average Bonchev–Trinajstić information content (AvgIpc) is 3.07. The van der Waals surface area contributed by atoms with Crippen LogP contribution in [-0.4, -0.2) is 67.5 Å². The lowest BCUT2D eigenvalue weighted by Crippen LogP contribution is -2.38. The summed E-state index contributed by atoms with van der Waals surface area (Å²) in [7, 11) is 3.38. The van der Waals surface area contributed by atoms with E-state index in [9.17, 15) is 14.0 Å². The van der Waals surface area contributed by atoms with Crippen molar-refractivity contribution in [3.8, 4) is 0 Å². The van der Waals surface area contributed by atoms with Crippen molar-refractivity contribution in [1.29, 1.82) is 0 Å². The van der Waals surface area contributed by atoms with Gasteiger partial charge in [0.2, 0.25) is 5.91 Å². The number of rotatable bonds is 9. The molecule has 29 heavy (non-hydrogen) atoms. The molecule has 0 radical (unpaired) electrons. The zero-order valence-electron chi connectivity index (χ0n) is 17.9. The van der Waals surface area contributed by atoms with E-state index in [1.54, 1.807) is 31.3 Å². The van der Waals surface area contributed by atoms with Crippen LogP contribution in [0, 0.1) is 5.82 Å². The zero-order chi connectivity index (χ0) is 21.6. The predicted octanol–water partition coefficient (Wildman–Crippen LogP) is 2.61. The number of nitrogens with zero attached hydrogens (tertiary/aromatic N) is 3. The largest absolute Gasteiger partial charge is 0.484 e. The number of allylic oxidation sites excluding steroid dienone is 2. The van der Waals surface area contributed by atoms with Gasteiger partial charge in [0, 0.05) is 53.2 Å². The number of amides is 1. The number of halogens is 1. The van der Waals surface area contributed by atoms with Gasteiger partial charge >= 0.3 is 0 Å². The van der Waals surface area contributed by atoms with E-state index in [1.165, 1.54) is 24.0 Å². The molecule has 1 aliphatic carbocycles. The number of aliphatic imine (C=N–C) groups is 1. The molecule has 0 saturated carbocycles. The summed E-state index contributed by atoms with van der Waals surface area (Å²) in [6, 6.07) is 4.72. The molecular weight excluding hydrogens is 373 g/mol. The molecule has 1 aromatic rings. The molecule has 1 atom stereocenters. The van der Waals surface area contributed by atoms with Crippen molar-refractivity contribution >= 4 is 17.9 Å². The van der Waals surface area contributed by atoms with Crippen LogP contribution in [-0.2, 0) is 27.2 Å². The highest BCUT2D eigenvalue weighted by atomic mass is 19.1. The van der Waals surface area contributed by atoms with Gasteiger partial charge in [0.15, 0.2) is 11.5 Å². The quantitative estimate of drug-likeness (QED) is 0.361. The summed E-state index contributed by atoms with van der Waals surface area (Å²) in [5, 5.41) is 0. The molecule has 7 heteroatoms. The lowest BCUT2D eigenvalue weighted by molar-refractivity contribution is -0.129. The molecule has 6 nitrogen and oxygen atoms in total. The van der Waals surface area contributed by atoms with Crippen LogP contribution < -0.4 is 0 Å². The Bertz CT molecular complexity index is 818. The first-order valence-corrected chi connectivity index (χ1v) is 9.90. The number of carbonyl (C=O) groups excluding carboxylic acids is 2. The van der Waals surface area contributed by atoms with Crippen molar-refractivity contribution in [2.24, 2.45) is 4.99 Å². The number of ether oxygens (including phenoxy) is 1. The fourth-order valence-electron chi connectivity index (χ4n) is 3.25. The highest BCUT2D eigenvalue weighted by molar-refractivity contribution is 5.98. The van der Waals surface area contributed by atoms with Gasteiger partial charge in [-0.25, -0.2) is 4.39 Å². The van der Waals surface area contributed by atoms with Crippen LogP contribution in [0.3, 0.4) is 0 Å². The van der Waals surface area contributed by atoms with Gasteiger partial charge in [0.1, 0.15) is 17.6 Å². The topological polar surface area (TPSA) is 62.2 Å². The minimum Gasteiger partial charge on any atom is -0.484 e. The Labute approximate surface area is 172 Å². The SMILES string of the molecule is CCN=C/C(=C(/OC1Cc2ccc(F)cc2C1)C(C)=O)N(CC)CC(=O)N(C)C. The second-order valence-electron chi connectivity index (χ2n) is 7.26. The molecule has 0 aromatic heterocycles. The van der Waals surface area contributed by atoms with E-state index >= 15 is 0 Å². The van der Waals surface area contributed by atoms with Crippen LogP contribution in [0.5, 0.6) is 0 Å². The van der Waals surface area contributed by atoms with Gasteiger partial charge in [-0.05, 0) is 37.1 Å². The minimum atomic E-state index is -0.276. The van der Waals surface area contributed by atoms with Crippen molar-refractivity contribution in [1.82, 2.24) is 9.80 Å². The Kier molecular flexibility index (Phi) is 7.93. The highest BCUT2D eigenvalue weighted by Gasteiger charge is 2.28. The molecule has 0 N–H and O–H groups in total. The molecule has 0 heterocycles. The minimum absolute atomic E-state index is 0.0825. The third-order valence-corrected chi connectivity index (χ3v) is 4.84. The third-order valence-electron chi connectivity index (χ3n) is 4.84. The van der Waals surface area contributed by atoms with E-state index in [1.807, 2.05) is 13.8 Å². The number of benzene rings is 1. The second-order valence-corrected chi connectivity index (χ2v) is 7.26. The standard InChI is InChI=1S/C22H30FN3O3/c1-6-24-13-20(26(7-2)14-21(28)25(4)5)22(15(3)27)29-19-11-16-8-9-18(23)10-17(16)12-19/h8-10,13,19H,6-7,11-12,14H2,1-5H3/b22-20-,24-13?. The summed E-state index contributed by atoms with van der Waals surface area (Å²) in [5.74, 6) is -0.405. The maximum Gasteiger partial charge on any atom is 0.241 e. The summed E-state index contributed by atoms with van der Waals surface area (Å²) in [6.07, 6.45) is 2.47. The summed E-state index contributed by atoms with van der Waals surface area (Å²) >= 11 is 0. The summed E-state index contributed by atoms with van der Waals surface area (Å²) in [4.78, 5) is 32.3. The van der Waals surface area contributed by atoms with Crippen LogP contribution >= 0.6 is 0 Å². The highest BCUT2D eigenvalue weighted by Crippen LogP contribution is 2.27. The molecule has 2 rings (SSSR count). The molecule has 158 valence electrons. The van der Waals surface area contributed by atoms with Crippen molar-refractivity contribution in [3.63, 3.8) is 0 Å². The van der Waals surface area contributed by atoms with Gasteiger partial charge in [0.25, 0.3) is 0 Å². The zero-order valence-corrected chi connectivity index (χ0v) is 17.9. The first-order chi connectivity index (χ1) is 13.8. The van der Waals surface area contributed by atoms with Crippen molar-refractivity contribution in [2.45, 2.75) is 39.7 Å². The number of fused-ring (bicyclic) bond motifs is 1. The Hall–Kier alpha value is -2.70. The molecule has 0 spiro atoms. The number of Topliss-reactive ketones (excluding diaryl/α,β-unsaturated/α-hetero) is 1. The van der Waals surface area contributed by atoms with E-state index in [2.05, 4.69) is 4.99 Å². The number of hydrogen-bond acceptors (Lipinski definition) is 5. The van der Waals surface area contributed by atoms with Crippen LogP contribution in [0.15, 0.2) is 34.6 Å². The second kappa shape index (κ2) is 10.2.